The van der Waals surface area contributed by atoms with E-state index in [9.17, 15) is 0 Å². The van der Waals surface area contributed by atoms with Crippen molar-refractivity contribution >= 4 is 64.4 Å². The van der Waals surface area contributed by atoms with Crippen LogP contribution in [0.1, 0.15) is 26.4 Å². The van der Waals surface area contributed by atoms with E-state index in [1.807, 2.05) is 11.3 Å². The Morgan fingerprint density at radius 3 is 1.87 bits per heavy atom. The third-order valence-corrected chi connectivity index (χ3v) is 8.10. The molecular weight excluding hydrogens is 412 g/mol. The van der Waals surface area contributed by atoms with Gasteiger partial charge in [-0.05, 0) is 102 Å². The molecule has 0 amide bonds. The second-order valence-electron chi connectivity index (χ2n) is 8.30. The summed E-state index contributed by atoms with van der Waals surface area (Å²) in [6, 6.07) is 24.8. The van der Waals surface area contributed by atoms with Gasteiger partial charge in [-0.3, -0.25) is 0 Å². The van der Waals surface area contributed by atoms with Crippen LogP contribution in [0, 0.1) is 32.6 Å². The van der Waals surface area contributed by atoms with Crippen LogP contribution in [0.4, 0.5) is 0 Å². The molecule has 2 aromatic heterocycles. The highest BCUT2D eigenvalue weighted by molar-refractivity contribution is 7.26. The van der Waals surface area contributed by atoms with Crippen molar-refractivity contribution in [3.05, 3.63) is 93.2 Å². The Hall–Kier alpha value is -3.12. The minimum absolute atomic E-state index is 1.07. The Morgan fingerprint density at radius 1 is 0.548 bits per heavy atom. The number of hydrogen-bond donors (Lipinski definition) is 0. The molecule has 6 rings (SSSR count). The first kappa shape index (κ1) is 18.6. The van der Waals surface area contributed by atoms with E-state index in [1.54, 1.807) is 11.3 Å². The Kier molecular flexibility index (Phi) is 4.18. The van der Waals surface area contributed by atoms with Gasteiger partial charge in [0.25, 0.3) is 0 Å². The predicted octanol–water partition coefficient (Wildman–Crippen LogP) is 8.75. The second-order valence-corrected chi connectivity index (χ2v) is 10.7. The number of thiophene rings is 2. The van der Waals surface area contributed by atoms with Gasteiger partial charge in [0.15, 0.2) is 0 Å². The lowest BCUT2D eigenvalue weighted by atomic mass is 9.99. The highest BCUT2D eigenvalue weighted by Gasteiger charge is 2.09. The van der Waals surface area contributed by atoms with Crippen LogP contribution in [0.5, 0.6) is 0 Å². The van der Waals surface area contributed by atoms with Crippen LogP contribution in [-0.2, 0) is 0 Å². The predicted molar refractivity (Wildman–Crippen MR) is 139 cm³/mol. The molecule has 0 bridgehead atoms. The quantitative estimate of drug-likeness (QED) is 0.210. The monoisotopic (exact) mass is 432 g/mol. The second kappa shape index (κ2) is 6.95. The number of aryl methyl sites for hydroxylation is 3. The summed E-state index contributed by atoms with van der Waals surface area (Å²) in [5.74, 6) is 6.64. The largest absolute Gasteiger partial charge is 0.135 e. The summed E-state index contributed by atoms with van der Waals surface area (Å²) in [5, 5.41) is 7.88. The van der Waals surface area contributed by atoms with Gasteiger partial charge >= 0.3 is 0 Å². The number of hydrogen-bond acceptors (Lipinski definition) is 2. The van der Waals surface area contributed by atoms with Gasteiger partial charge in [-0.2, -0.15) is 0 Å². The molecule has 2 heterocycles. The van der Waals surface area contributed by atoms with Crippen molar-refractivity contribution < 1.29 is 0 Å². The summed E-state index contributed by atoms with van der Waals surface area (Å²) in [6.45, 7) is 6.50. The molecule has 6 aromatic rings. The maximum absolute atomic E-state index is 3.34. The molecule has 0 radical (unpaired) electrons. The lowest BCUT2D eigenvalue weighted by Crippen LogP contribution is -1.82. The Bertz CT molecular complexity index is 1710. The Morgan fingerprint density at radius 2 is 1.19 bits per heavy atom. The molecule has 0 spiro atoms. The van der Waals surface area contributed by atoms with E-state index in [0.717, 1.165) is 10.4 Å². The lowest BCUT2D eigenvalue weighted by Gasteiger charge is -2.04. The molecule has 0 aliphatic heterocycles. The standard InChI is InChI=1S/C29H20S2/c1-17-10-22-14-27-26-13-21-7-5-20(6-9-25-8-4-19(3)30-25)12-24(21)16-29(26)31-28(27)15-23(22)11-18(17)2/h4-5,7-8,10-16H,1-3H3. The number of rotatable bonds is 0. The molecule has 0 aliphatic carbocycles. The average Bonchev–Trinajstić information content (AvgIpc) is 3.32. The van der Waals surface area contributed by atoms with Gasteiger partial charge < -0.3 is 0 Å². The molecule has 31 heavy (non-hydrogen) atoms. The average molecular weight is 433 g/mol. The minimum atomic E-state index is 1.07. The van der Waals surface area contributed by atoms with Gasteiger partial charge in [-0.25, -0.2) is 0 Å². The molecule has 0 aliphatic rings. The molecule has 0 atom stereocenters. The third kappa shape index (κ3) is 3.22. The molecule has 4 aromatic carbocycles. The smallest absolute Gasteiger partial charge is 0.0775 e. The van der Waals surface area contributed by atoms with Gasteiger partial charge in [0, 0.05) is 30.6 Å². The van der Waals surface area contributed by atoms with Crippen molar-refractivity contribution in [3.8, 4) is 11.8 Å². The SMILES string of the molecule is Cc1ccc(C#Cc2ccc3cc4c(cc3c2)sc2cc3cc(C)c(C)cc3cc24)s1. The zero-order valence-electron chi connectivity index (χ0n) is 17.7. The summed E-state index contributed by atoms with van der Waals surface area (Å²) < 4.78 is 2.69. The van der Waals surface area contributed by atoms with Crippen LogP contribution in [0.25, 0.3) is 41.7 Å². The van der Waals surface area contributed by atoms with E-state index in [0.29, 0.717) is 0 Å². The highest BCUT2D eigenvalue weighted by atomic mass is 32.1. The summed E-state index contributed by atoms with van der Waals surface area (Å²) >= 11 is 3.63. The first-order chi connectivity index (χ1) is 15.0. The number of fused-ring (bicyclic) bond motifs is 5. The molecular formula is C29H20S2. The Labute approximate surface area is 189 Å². The first-order valence-corrected chi connectivity index (χ1v) is 12.1. The van der Waals surface area contributed by atoms with Gasteiger partial charge in [-0.1, -0.05) is 30.0 Å². The molecule has 0 nitrogen and oxygen atoms in total. The van der Waals surface area contributed by atoms with Crippen molar-refractivity contribution in [2.24, 2.45) is 0 Å². The zero-order chi connectivity index (χ0) is 21.1. The molecule has 2 heteroatoms. The fraction of sp³-hybridized carbons (Fsp3) is 0.103. The molecule has 0 N–H and O–H groups in total. The number of benzene rings is 4. The molecule has 0 fully saturated rings. The van der Waals surface area contributed by atoms with Gasteiger partial charge in [-0.15, -0.1) is 22.7 Å². The Balaban J connectivity index is 1.52. The molecule has 0 saturated heterocycles. The van der Waals surface area contributed by atoms with Crippen molar-refractivity contribution in [3.63, 3.8) is 0 Å². The molecule has 0 unspecified atom stereocenters. The van der Waals surface area contributed by atoms with E-state index in [4.69, 9.17) is 0 Å². The van der Waals surface area contributed by atoms with E-state index < -0.39 is 0 Å². The molecule has 148 valence electrons. The topological polar surface area (TPSA) is 0 Å². The fourth-order valence-corrected chi connectivity index (χ4v) is 6.14. The van der Waals surface area contributed by atoms with Gasteiger partial charge in [0.2, 0.25) is 0 Å². The van der Waals surface area contributed by atoms with Crippen LogP contribution >= 0.6 is 22.7 Å². The van der Waals surface area contributed by atoms with Gasteiger partial charge in [0.05, 0.1) is 4.88 Å². The molecule has 0 saturated carbocycles. The van der Waals surface area contributed by atoms with Crippen LogP contribution in [0.2, 0.25) is 0 Å². The van der Waals surface area contributed by atoms with Crippen molar-refractivity contribution in [1.82, 2.24) is 0 Å². The lowest BCUT2D eigenvalue weighted by molar-refractivity contribution is 1.37. The third-order valence-electron chi connectivity index (χ3n) is 6.07. The van der Waals surface area contributed by atoms with Crippen LogP contribution in [-0.4, -0.2) is 0 Å². The van der Waals surface area contributed by atoms with E-state index in [2.05, 4.69) is 99.3 Å². The van der Waals surface area contributed by atoms with Crippen molar-refractivity contribution in [2.75, 3.05) is 0 Å². The first-order valence-electron chi connectivity index (χ1n) is 10.4. The van der Waals surface area contributed by atoms with Crippen molar-refractivity contribution in [1.29, 1.82) is 0 Å². The zero-order valence-corrected chi connectivity index (χ0v) is 19.3. The summed E-state index contributed by atoms with van der Waals surface area (Å²) in [6.07, 6.45) is 0. The maximum Gasteiger partial charge on any atom is 0.0775 e. The van der Waals surface area contributed by atoms with Crippen LogP contribution < -0.4 is 0 Å². The highest BCUT2D eigenvalue weighted by Crippen LogP contribution is 2.39. The fourth-order valence-electron chi connectivity index (χ4n) is 4.25. The van der Waals surface area contributed by atoms with Crippen LogP contribution in [0.3, 0.4) is 0 Å². The maximum atomic E-state index is 3.34. The summed E-state index contributed by atoms with van der Waals surface area (Å²) in [4.78, 5) is 2.42. The van der Waals surface area contributed by atoms with Gasteiger partial charge in [0.1, 0.15) is 0 Å². The summed E-state index contributed by atoms with van der Waals surface area (Å²) in [5.41, 5.74) is 3.77. The van der Waals surface area contributed by atoms with Crippen LogP contribution in [0.15, 0.2) is 66.7 Å². The van der Waals surface area contributed by atoms with E-state index >= 15 is 0 Å². The van der Waals surface area contributed by atoms with E-state index in [1.165, 1.54) is 57.7 Å². The summed E-state index contributed by atoms with van der Waals surface area (Å²) in [7, 11) is 0. The normalized spacial score (nSPS) is 11.5. The van der Waals surface area contributed by atoms with E-state index in [-0.39, 0.29) is 0 Å². The van der Waals surface area contributed by atoms with Crippen molar-refractivity contribution in [2.45, 2.75) is 20.8 Å². The minimum Gasteiger partial charge on any atom is -0.135 e.